The van der Waals surface area contributed by atoms with Crippen molar-refractivity contribution in [1.29, 1.82) is 0 Å². The Bertz CT molecular complexity index is 1410. The van der Waals surface area contributed by atoms with Crippen LogP contribution < -0.4 is 0 Å². The Balaban J connectivity index is 1.31. The fraction of sp³-hybridized carbons (Fsp3) is 0.286. The van der Waals surface area contributed by atoms with Crippen LogP contribution >= 0.6 is 0 Å². The van der Waals surface area contributed by atoms with Crippen LogP contribution in [0.25, 0.3) is 5.69 Å². The highest BCUT2D eigenvalue weighted by Gasteiger charge is 2.32. The average Bonchev–Trinajstić information content (AvgIpc) is 3.62. The quantitative estimate of drug-likeness (QED) is 0.424. The number of hydrogen-bond acceptors (Lipinski definition) is 5. The smallest absolute Gasteiger partial charge is 0.274 e. The lowest BCUT2D eigenvalue weighted by molar-refractivity contribution is 0.0296. The van der Waals surface area contributed by atoms with Gasteiger partial charge in [0.2, 0.25) is 0 Å². The molecule has 0 saturated carbocycles. The van der Waals surface area contributed by atoms with E-state index in [1.807, 2.05) is 64.3 Å². The summed E-state index contributed by atoms with van der Waals surface area (Å²) >= 11 is 0. The third-order valence-electron chi connectivity index (χ3n) is 6.96. The van der Waals surface area contributed by atoms with Crippen LogP contribution in [0.1, 0.15) is 37.7 Å². The summed E-state index contributed by atoms with van der Waals surface area (Å²) in [6.07, 6.45) is 4.19. The Morgan fingerprint density at radius 2 is 1.73 bits per heavy atom. The molecule has 4 heterocycles. The highest BCUT2D eigenvalue weighted by molar-refractivity contribution is 5.96. The molecular formula is C28H28N6O3. The first-order chi connectivity index (χ1) is 18.2. The normalized spacial score (nSPS) is 15.5. The molecule has 0 unspecified atom stereocenters. The molecule has 1 fully saturated rings. The molecule has 2 aliphatic rings. The fourth-order valence-electron chi connectivity index (χ4n) is 5.02. The first-order valence-corrected chi connectivity index (χ1v) is 12.6. The number of morpholine rings is 1. The molecule has 2 aromatic heterocycles. The van der Waals surface area contributed by atoms with Gasteiger partial charge >= 0.3 is 0 Å². The standard InChI is InChI=1S/C28H28N6O3/c35-27(22-8-4-9-23(18-22)33-12-5-11-29-33)32-13-10-25-24(20-32)26(28(36)31-14-16-37-17-15-31)30-34(25)19-21-6-2-1-3-7-21/h1-9,11-12,18H,10,13-17,19-20H2. The molecular weight excluding hydrogens is 468 g/mol. The lowest BCUT2D eigenvalue weighted by Crippen LogP contribution is -2.42. The minimum atomic E-state index is -0.0960. The number of benzene rings is 2. The van der Waals surface area contributed by atoms with E-state index in [4.69, 9.17) is 9.84 Å². The van der Waals surface area contributed by atoms with E-state index in [-0.39, 0.29) is 11.8 Å². The summed E-state index contributed by atoms with van der Waals surface area (Å²) in [6.45, 7) is 3.62. The molecule has 188 valence electrons. The van der Waals surface area contributed by atoms with Crippen LogP contribution in [0.3, 0.4) is 0 Å². The van der Waals surface area contributed by atoms with Gasteiger partial charge in [-0.05, 0) is 29.8 Å². The first kappa shape index (κ1) is 23.2. The maximum Gasteiger partial charge on any atom is 0.274 e. The Morgan fingerprint density at radius 1 is 0.892 bits per heavy atom. The molecule has 0 N–H and O–H groups in total. The summed E-state index contributed by atoms with van der Waals surface area (Å²) in [4.78, 5) is 30.7. The number of hydrogen-bond donors (Lipinski definition) is 0. The zero-order valence-electron chi connectivity index (χ0n) is 20.5. The molecule has 1 saturated heterocycles. The van der Waals surface area contributed by atoms with Gasteiger partial charge in [-0.1, -0.05) is 36.4 Å². The molecule has 4 aromatic rings. The van der Waals surface area contributed by atoms with E-state index in [0.29, 0.717) is 63.6 Å². The van der Waals surface area contributed by atoms with Crippen molar-refractivity contribution in [2.45, 2.75) is 19.5 Å². The minimum absolute atomic E-state index is 0.0692. The van der Waals surface area contributed by atoms with Crippen LogP contribution in [-0.4, -0.2) is 74.0 Å². The molecule has 2 amide bonds. The number of amides is 2. The Morgan fingerprint density at radius 3 is 2.51 bits per heavy atom. The van der Waals surface area contributed by atoms with Gasteiger partial charge in [-0.3, -0.25) is 14.3 Å². The second kappa shape index (κ2) is 10.0. The van der Waals surface area contributed by atoms with Crippen molar-refractivity contribution in [3.8, 4) is 5.69 Å². The molecule has 0 atom stereocenters. The second-order valence-electron chi connectivity index (χ2n) is 9.30. The van der Waals surface area contributed by atoms with Gasteiger partial charge in [0.05, 0.1) is 32.0 Å². The van der Waals surface area contributed by atoms with E-state index in [2.05, 4.69) is 17.2 Å². The second-order valence-corrected chi connectivity index (χ2v) is 9.30. The molecule has 6 rings (SSSR count). The van der Waals surface area contributed by atoms with Gasteiger partial charge in [0.15, 0.2) is 5.69 Å². The highest BCUT2D eigenvalue weighted by atomic mass is 16.5. The molecule has 2 aliphatic heterocycles. The van der Waals surface area contributed by atoms with Crippen molar-refractivity contribution in [1.82, 2.24) is 29.4 Å². The lowest BCUT2D eigenvalue weighted by Gasteiger charge is -2.29. The van der Waals surface area contributed by atoms with E-state index in [1.165, 1.54) is 0 Å². The number of carbonyl (C=O) groups excluding carboxylic acids is 2. The number of carbonyl (C=O) groups is 2. The average molecular weight is 497 g/mol. The van der Waals surface area contributed by atoms with Gasteiger partial charge in [-0.15, -0.1) is 0 Å². The zero-order valence-corrected chi connectivity index (χ0v) is 20.5. The largest absolute Gasteiger partial charge is 0.378 e. The van der Waals surface area contributed by atoms with Gasteiger partial charge in [0.25, 0.3) is 11.8 Å². The van der Waals surface area contributed by atoms with Crippen LogP contribution in [0.4, 0.5) is 0 Å². The molecule has 0 aliphatic carbocycles. The predicted octanol–water partition coefficient (Wildman–Crippen LogP) is 2.79. The maximum absolute atomic E-state index is 13.6. The summed E-state index contributed by atoms with van der Waals surface area (Å²) in [5.74, 6) is -0.165. The van der Waals surface area contributed by atoms with Crippen molar-refractivity contribution in [2.24, 2.45) is 0 Å². The Hall–Kier alpha value is -4.24. The molecule has 9 heteroatoms. The van der Waals surface area contributed by atoms with Crippen LogP contribution in [0.15, 0.2) is 73.1 Å². The van der Waals surface area contributed by atoms with Gasteiger partial charge < -0.3 is 14.5 Å². The Kier molecular flexibility index (Phi) is 6.28. The molecule has 0 radical (unpaired) electrons. The molecule has 0 spiro atoms. The van der Waals surface area contributed by atoms with Crippen molar-refractivity contribution in [3.63, 3.8) is 0 Å². The number of rotatable bonds is 5. The van der Waals surface area contributed by atoms with Crippen molar-refractivity contribution < 1.29 is 14.3 Å². The SMILES string of the molecule is O=C(c1cccc(-n2cccn2)c1)N1CCc2c(c(C(=O)N3CCOCC3)nn2Cc2ccccc2)C1. The zero-order chi connectivity index (χ0) is 25.2. The number of ether oxygens (including phenoxy) is 1. The van der Waals surface area contributed by atoms with E-state index < -0.39 is 0 Å². The van der Waals surface area contributed by atoms with Crippen molar-refractivity contribution in [3.05, 3.63) is 101 Å². The number of fused-ring (bicyclic) bond motifs is 1. The van der Waals surface area contributed by atoms with Gasteiger partial charge in [0.1, 0.15) is 0 Å². The first-order valence-electron chi connectivity index (χ1n) is 12.6. The number of aromatic nitrogens is 4. The van der Waals surface area contributed by atoms with E-state index in [0.717, 1.165) is 22.5 Å². The predicted molar refractivity (Wildman–Crippen MR) is 137 cm³/mol. The van der Waals surface area contributed by atoms with Gasteiger partial charge in [-0.2, -0.15) is 10.2 Å². The monoisotopic (exact) mass is 496 g/mol. The summed E-state index contributed by atoms with van der Waals surface area (Å²) in [7, 11) is 0. The van der Waals surface area contributed by atoms with E-state index in [1.54, 1.807) is 15.8 Å². The van der Waals surface area contributed by atoms with Crippen molar-refractivity contribution in [2.75, 3.05) is 32.8 Å². The van der Waals surface area contributed by atoms with Gasteiger partial charge in [-0.25, -0.2) is 4.68 Å². The fourth-order valence-corrected chi connectivity index (χ4v) is 5.02. The molecule has 0 bridgehead atoms. The summed E-state index contributed by atoms with van der Waals surface area (Å²) in [5.41, 5.74) is 4.84. The van der Waals surface area contributed by atoms with Crippen LogP contribution in [0.5, 0.6) is 0 Å². The topological polar surface area (TPSA) is 85.5 Å². The third-order valence-corrected chi connectivity index (χ3v) is 6.96. The van der Waals surface area contributed by atoms with Crippen LogP contribution in [0.2, 0.25) is 0 Å². The summed E-state index contributed by atoms with van der Waals surface area (Å²) < 4.78 is 9.11. The summed E-state index contributed by atoms with van der Waals surface area (Å²) in [6, 6.07) is 19.4. The number of nitrogens with zero attached hydrogens (tertiary/aromatic N) is 6. The molecule has 37 heavy (non-hydrogen) atoms. The van der Waals surface area contributed by atoms with Gasteiger partial charge in [0, 0.05) is 55.3 Å². The minimum Gasteiger partial charge on any atom is -0.378 e. The van der Waals surface area contributed by atoms with E-state index in [9.17, 15) is 9.59 Å². The maximum atomic E-state index is 13.6. The molecule has 9 nitrogen and oxygen atoms in total. The Labute approximate surface area is 214 Å². The van der Waals surface area contributed by atoms with Crippen LogP contribution in [-0.2, 0) is 24.2 Å². The highest BCUT2D eigenvalue weighted by Crippen LogP contribution is 2.26. The lowest BCUT2D eigenvalue weighted by atomic mass is 10.0. The molecule has 2 aromatic carbocycles. The van der Waals surface area contributed by atoms with E-state index >= 15 is 0 Å². The third kappa shape index (κ3) is 4.65. The van der Waals surface area contributed by atoms with Crippen molar-refractivity contribution >= 4 is 11.8 Å². The summed E-state index contributed by atoms with van der Waals surface area (Å²) in [5, 5.41) is 9.08. The van der Waals surface area contributed by atoms with Crippen LogP contribution in [0, 0.1) is 0 Å².